The Morgan fingerprint density at radius 3 is 2.69 bits per heavy atom. The van der Waals surface area contributed by atoms with Crippen LogP contribution in [-0.2, 0) is 11.4 Å². The van der Waals surface area contributed by atoms with Crippen LogP contribution < -0.4 is 9.47 Å². The van der Waals surface area contributed by atoms with Gasteiger partial charge in [0.2, 0.25) is 0 Å². The molecule has 0 unspecified atom stereocenters. The summed E-state index contributed by atoms with van der Waals surface area (Å²) in [5.41, 5.74) is 1.78. The fourth-order valence-electron chi connectivity index (χ4n) is 3.47. The van der Waals surface area contributed by atoms with Crippen molar-refractivity contribution in [3.8, 4) is 11.5 Å². The van der Waals surface area contributed by atoms with Crippen molar-refractivity contribution >= 4 is 55.7 Å². The third kappa shape index (κ3) is 4.45. The molecular weight excluding hydrogens is 490 g/mol. The zero-order valence-electron chi connectivity index (χ0n) is 17.3. The third-order valence-electron chi connectivity index (χ3n) is 4.99. The average molecular weight is 510 g/mol. The minimum Gasteiger partial charge on any atom is -0.493 e. The number of thioether (sulfide) groups is 1. The van der Waals surface area contributed by atoms with E-state index in [-0.39, 0.29) is 17.7 Å². The molecule has 1 aliphatic heterocycles. The lowest BCUT2D eigenvalue weighted by Crippen LogP contribution is -2.27. The van der Waals surface area contributed by atoms with Gasteiger partial charge in [-0.05, 0) is 67.8 Å². The summed E-state index contributed by atoms with van der Waals surface area (Å²) in [4.78, 5) is 26.1. The van der Waals surface area contributed by atoms with Crippen molar-refractivity contribution in [1.29, 1.82) is 0 Å². The van der Waals surface area contributed by atoms with Gasteiger partial charge in [0.1, 0.15) is 6.61 Å². The van der Waals surface area contributed by atoms with Gasteiger partial charge in [0.15, 0.2) is 11.5 Å². The van der Waals surface area contributed by atoms with E-state index >= 15 is 0 Å². The molecule has 1 heterocycles. The van der Waals surface area contributed by atoms with Crippen molar-refractivity contribution in [3.63, 3.8) is 0 Å². The van der Waals surface area contributed by atoms with Gasteiger partial charge < -0.3 is 9.47 Å². The number of rotatable bonds is 7. The summed E-state index contributed by atoms with van der Waals surface area (Å²) < 4.78 is 12.4. The smallest absolute Gasteiger partial charge is 0.293 e. The maximum absolute atomic E-state index is 12.5. The Morgan fingerprint density at radius 1 is 1.12 bits per heavy atom. The molecular formula is C25H20BrNO4S. The van der Waals surface area contributed by atoms with Crippen LogP contribution in [0.1, 0.15) is 11.1 Å². The summed E-state index contributed by atoms with van der Waals surface area (Å²) in [7, 11) is 1.56. The molecule has 3 aromatic carbocycles. The quantitative estimate of drug-likeness (QED) is 0.272. The Bertz CT molecular complexity index is 1250. The fraction of sp³-hybridized carbons (Fsp3) is 0.120. The second kappa shape index (κ2) is 9.63. The number of imide groups is 1. The van der Waals surface area contributed by atoms with Crippen LogP contribution >= 0.6 is 27.7 Å². The largest absolute Gasteiger partial charge is 0.493 e. The number of carbonyl (C=O) groups is 2. The first-order valence-corrected chi connectivity index (χ1v) is 11.5. The number of ether oxygens (including phenoxy) is 2. The maximum Gasteiger partial charge on any atom is 0.293 e. The van der Waals surface area contributed by atoms with Crippen LogP contribution in [0.5, 0.6) is 11.5 Å². The summed E-state index contributed by atoms with van der Waals surface area (Å²) in [6.45, 7) is 4.15. The van der Waals surface area contributed by atoms with Crippen LogP contribution in [0, 0.1) is 0 Å². The predicted octanol–water partition coefficient (Wildman–Crippen LogP) is 6.41. The molecule has 0 aromatic heterocycles. The van der Waals surface area contributed by atoms with Crippen LogP contribution in [0.4, 0.5) is 4.79 Å². The number of methoxy groups -OCH3 is 1. The van der Waals surface area contributed by atoms with Gasteiger partial charge >= 0.3 is 0 Å². The van der Waals surface area contributed by atoms with Crippen LogP contribution in [-0.4, -0.2) is 29.7 Å². The number of halogens is 1. The molecule has 0 atom stereocenters. The van der Waals surface area contributed by atoms with Gasteiger partial charge in [-0.2, -0.15) is 0 Å². The third-order valence-corrected chi connectivity index (χ3v) is 6.48. The molecule has 1 fully saturated rings. The molecule has 32 heavy (non-hydrogen) atoms. The lowest BCUT2D eigenvalue weighted by atomic mass is 10.1. The van der Waals surface area contributed by atoms with Crippen molar-refractivity contribution in [2.75, 3.05) is 13.7 Å². The van der Waals surface area contributed by atoms with Gasteiger partial charge in [0, 0.05) is 6.54 Å². The molecule has 1 saturated heterocycles. The van der Waals surface area contributed by atoms with E-state index in [4.69, 9.17) is 9.47 Å². The lowest BCUT2D eigenvalue weighted by molar-refractivity contribution is -0.122. The Labute approximate surface area is 198 Å². The minimum atomic E-state index is -0.328. The van der Waals surface area contributed by atoms with Crippen LogP contribution in [0.2, 0.25) is 0 Å². The maximum atomic E-state index is 12.5. The highest BCUT2D eigenvalue weighted by Gasteiger charge is 2.34. The molecule has 162 valence electrons. The normalized spacial score (nSPS) is 14.9. The molecule has 0 radical (unpaired) electrons. The number of hydrogen-bond acceptors (Lipinski definition) is 5. The number of fused-ring (bicyclic) bond motifs is 1. The topological polar surface area (TPSA) is 55.8 Å². The molecule has 0 spiro atoms. The highest BCUT2D eigenvalue weighted by Crippen LogP contribution is 2.39. The molecule has 0 saturated carbocycles. The van der Waals surface area contributed by atoms with Crippen LogP contribution in [0.3, 0.4) is 0 Å². The van der Waals surface area contributed by atoms with Crippen molar-refractivity contribution in [2.45, 2.75) is 6.61 Å². The molecule has 3 aromatic rings. The molecule has 0 N–H and O–H groups in total. The van der Waals surface area contributed by atoms with E-state index in [0.717, 1.165) is 38.6 Å². The second-order valence-electron chi connectivity index (χ2n) is 7.04. The van der Waals surface area contributed by atoms with Crippen LogP contribution in [0.25, 0.3) is 16.8 Å². The summed E-state index contributed by atoms with van der Waals surface area (Å²) >= 11 is 4.47. The first kappa shape index (κ1) is 22.2. The van der Waals surface area contributed by atoms with E-state index in [0.29, 0.717) is 27.5 Å². The Balaban J connectivity index is 1.60. The highest BCUT2D eigenvalue weighted by molar-refractivity contribution is 9.10. The Kier molecular flexibility index (Phi) is 6.67. The molecule has 0 bridgehead atoms. The number of hydrogen-bond donors (Lipinski definition) is 0. The van der Waals surface area contributed by atoms with E-state index in [1.54, 1.807) is 19.3 Å². The molecule has 1 aliphatic rings. The van der Waals surface area contributed by atoms with E-state index in [1.165, 1.54) is 6.08 Å². The van der Waals surface area contributed by atoms with E-state index < -0.39 is 0 Å². The second-order valence-corrected chi connectivity index (χ2v) is 8.89. The van der Waals surface area contributed by atoms with E-state index in [2.05, 4.69) is 40.7 Å². The van der Waals surface area contributed by atoms with Gasteiger partial charge in [-0.1, -0.05) is 48.5 Å². The number of benzene rings is 3. The van der Waals surface area contributed by atoms with Gasteiger partial charge in [-0.15, -0.1) is 6.58 Å². The summed E-state index contributed by atoms with van der Waals surface area (Å²) in [6.07, 6.45) is 3.21. The van der Waals surface area contributed by atoms with Crippen molar-refractivity contribution in [2.24, 2.45) is 0 Å². The summed E-state index contributed by atoms with van der Waals surface area (Å²) in [6, 6.07) is 17.9. The predicted molar refractivity (Wildman–Crippen MR) is 132 cm³/mol. The van der Waals surface area contributed by atoms with Gasteiger partial charge in [-0.25, -0.2) is 0 Å². The SMILES string of the molecule is C=CCN1C(=O)S/C(=C\c2cc(Br)c(OCc3cccc4ccccc34)c(OC)c2)C1=O. The number of amides is 2. The van der Waals surface area contributed by atoms with Crippen molar-refractivity contribution in [1.82, 2.24) is 4.90 Å². The van der Waals surface area contributed by atoms with Gasteiger partial charge in [-0.3, -0.25) is 14.5 Å². The van der Waals surface area contributed by atoms with Crippen molar-refractivity contribution in [3.05, 3.63) is 87.8 Å². The molecule has 7 heteroatoms. The minimum absolute atomic E-state index is 0.190. The molecule has 2 amide bonds. The number of carbonyl (C=O) groups excluding carboxylic acids is 2. The molecule has 5 nitrogen and oxygen atoms in total. The Hall–Kier alpha value is -3.03. The standard InChI is InChI=1S/C25H20BrNO4S/c1-3-11-27-24(28)22(32-25(27)29)14-16-12-20(26)23(21(13-16)30-2)31-15-18-9-6-8-17-7-4-5-10-19(17)18/h3-10,12-14H,1,11,15H2,2H3/b22-14-. The first-order chi connectivity index (χ1) is 15.5. The monoisotopic (exact) mass is 509 g/mol. The zero-order valence-corrected chi connectivity index (χ0v) is 19.7. The Morgan fingerprint density at radius 2 is 1.91 bits per heavy atom. The van der Waals surface area contributed by atoms with Crippen molar-refractivity contribution < 1.29 is 19.1 Å². The average Bonchev–Trinajstić information content (AvgIpc) is 3.05. The zero-order chi connectivity index (χ0) is 22.7. The fourth-order valence-corrected chi connectivity index (χ4v) is 4.89. The highest BCUT2D eigenvalue weighted by atomic mass is 79.9. The van der Waals surface area contributed by atoms with Gasteiger partial charge in [0.05, 0.1) is 16.5 Å². The van der Waals surface area contributed by atoms with E-state index in [9.17, 15) is 9.59 Å². The summed E-state index contributed by atoms with van der Waals surface area (Å²) in [5, 5.41) is 1.99. The lowest BCUT2D eigenvalue weighted by Gasteiger charge is -2.15. The molecule has 4 rings (SSSR count). The van der Waals surface area contributed by atoms with E-state index in [1.807, 2.05) is 30.3 Å². The summed E-state index contributed by atoms with van der Waals surface area (Å²) in [5.74, 6) is 0.764. The molecule has 0 aliphatic carbocycles. The number of nitrogens with zero attached hydrogens (tertiary/aromatic N) is 1. The van der Waals surface area contributed by atoms with Crippen LogP contribution in [0.15, 0.2) is 76.6 Å². The van der Waals surface area contributed by atoms with Gasteiger partial charge in [0.25, 0.3) is 11.1 Å². The first-order valence-electron chi connectivity index (χ1n) is 9.85.